The van der Waals surface area contributed by atoms with Gasteiger partial charge in [-0.15, -0.1) is 0 Å². The Kier molecular flexibility index (Phi) is 5.77. The zero-order chi connectivity index (χ0) is 22.9. The van der Waals surface area contributed by atoms with E-state index in [-0.39, 0.29) is 5.82 Å². The van der Waals surface area contributed by atoms with E-state index in [9.17, 15) is 4.39 Å². The van der Waals surface area contributed by atoms with Crippen molar-refractivity contribution < 1.29 is 4.39 Å². The van der Waals surface area contributed by atoms with Crippen LogP contribution in [0, 0.1) is 5.82 Å². The molecule has 0 bridgehead atoms. The quantitative estimate of drug-likeness (QED) is 0.371. The molecule has 1 saturated heterocycles. The molecule has 2 aromatic carbocycles. The summed E-state index contributed by atoms with van der Waals surface area (Å²) in [4.78, 5) is 9.12. The standard InChI is InChI=1S/C24H21FN4.C3H9N/c25-20-5-3-17(4-6-20)18-14-23-24-26-9-12-29(24)22-8-7-21(27-10-1-2-11-27)13-19(22)16-28(23)15-18;1-4(2)3/h3-9,12-15H,1-2,10-11,16H2;1-3H3. The van der Waals surface area contributed by atoms with Crippen molar-refractivity contribution in [2.75, 3.05) is 39.1 Å². The molecule has 0 spiro atoms. The molecule has 0 aliphatic carbocycles. The van der Waals surface area contributed by atoms with Crippen LogP contribution in [-0.4, -0.2) is 53.3 Å². The van der Waals surface area contributed by atoms with Crippen LogP contribution < -0.4 is 4.90 Å². The lowest BCUT2D eigenvalue weighted by atomic mass is 10.1. The predicted octanol–water partition coefficient (Wildman–Crippen LogP) is 5.29. The lowest BCUT2D eigenvalue weighted by molar-refractivity contribution is 0.505. The summed E-state index contributed by atoms with van der Waals surface area (Å²) < 4.78 is 17.8. The minimum atomic E-state index is -0.214. The van der Waals surface area contributed by atoms with Gasteiger partial charge in [-0.1, -0.05) is 12.1 Å². The SMILES string of the molecule is CN(C)C.Fc1ccc(-c2cc3n(c2)Cc2cc(N4CCCC4)ccc2-n2ccnc2-3)cc1. The van der Waals surface area contributed by atoms with Gasteiger partial charge in [-0.25, -0.2) is 9.37 Å². The molecule has 5 nitrogen and oxygen atoms in total. The molecule has 0 amide bonds. The van der Waals surface area contributed by atoms with E-state index in [1.807, 2.05) is 50.6 Å². The lowest BCUT2D eigenvalue weighted by Crippen LogP contribution is -2.18. The van der Waals surface area contributed by atoms with Gasteiger partial charge in [-0.05, 0) is 81.5 Å². The summed E-state index contributed by atoms with van der Waals surface area (Å²) in [5, 5.41) is 0. The summed E-state index contributed by atoms with van der Waals surface area (Å²) in [6.07, 6.45) is 8.58. The number of hydrogen-bond donors (Lipinski definition) is 0. The Morgan fingerprint density at radius 1 is 0.909 bits per heavy atom. The van der Waals surface area contributed by atoms with Gasteiger partial charge in [0.15, 0.2) is 5.82 Å². The Hall–Kier alpha value is -3.38. The summed E-state index contributed by atoms with van der Waals surface area (Å²) >= 11 is 0. The normalized spacial score (nSPS) is 14.3. The highest BCUT2D eigenvalue weighted by atomic mass is 19.1. The average Bonchev–Trinajstić information content (AvgIpc) is 3.54. The fourth-order valence-electron chi connectivity index (χ4n) is 4.61. The van der Waals surface area contributed by atoms with Crippen LogP contribution in [0.15, 0.2) is 67.1 Å². The van der Waals surface area contributed by atoms with E-state index in [1.165, 1.54) is 41.9 Å². The number of rotatable bonds is 2. The van der Waals surface area contributed by atoms with Gasteiger partial charge in [-0.2, -0.15) is 0 Å². The van der Waals surface area contributed by atoms with Gasteiger partial charge >= 0.3 is 0 Å². The van der Waals surface area contributed by atoms with Crippen molar-refractivity contribution in [3.8, 4) is 28.3 Å². The molecular weight excluding hydrogens is 413 g/mol. The molecule has 4 aromatic rings. The molecule has 1 fully saturated rings. The molecule has 2 aliphatic heterocycles. The topological polar surface area (TPSA) is 29.2 Å². The molecule has 170 valence electrons. The molecule has 0 radical (unpaired) electrons. The third-order valence-electron chi connectivity index (χ3n) is 6.08. The first-order valence-electron chi connectivity index (χ1n) is 11.5. The van der Waals surface area contributed by atoms with Crippen molar-refractivity contribution in [2.24, 2.45) is 0 Å². The number of benzene rings is 2. The van der Waals surface area contributed by atoms with Gasteiger partial charge in [0.05, 0.1) is 11.4 Å². The number of imidazole rings is 1. The van der Waals surface area contributed by atoms with Crippen LogP contribution >= 0.6 is 0 Å². The fourth-order valence-corrected chi connectivity index (χ4v) is 4.61. The number of aromatic nitrogens is 3. The molecule has 2 aliphatic rings. The lowest BCUT2D eigenvalue weighted by Gasteiger charge is -2.20. The van der Waals surface area contributed by atoms with Gasteiger partial charge in [0.25, 0.3) is 0 Å². The minimum absolute atomic E-state index is 0.214. The van der Waals surface area contributed by atoms with Crippen molar-refractivity contribution >= 4 is 5.69 Å². The van der Waals surface area contributed by atoms with Crippen LogP contribution in [0.25, 0.3) is 28.3 Å². The summed E-state index contributed by atoms with van der Waals surface area (Å²) in [5.74, 6) is 0.722. The highest BCUT2D eigenvalue weighted by Crippen LogP contribution is 2.35. The molecule has 0 atom stereocenters. The van der Waals surface area contributed by atoms with Crippen molar-refractivity contribution in [1.82, 2.24) is 19.0 Å². The Balaban J connectivity index is 0.000000531. The van der Waals surface area contributed by atoms with E-state index in [1.54, 1.807) is 0 Å². The highest BCUT2D eigenvalue weighted by molar-refractivity contribution is 5.72. The molecule has 2 aromatic heterocycles. The molecule has 33 heavy (non-hydrogen) atoms. The Bertz CT molecular complexity index is 1240. The second-order valence-electron chi connectivity index (χ2n) is 9.22. The Labute approximate surface area is 194 Å². The first-order chi connectivity index (χ1) is 16.0. The van der Waals surface area contributed by atoms with Gasteiger partial charge in [0.1, 0.15) is 5.82 Å². The third-order valence-corrected chi connectivity index (χ3v) is 6.08. The monoisotopic (exact) mass is 443 g/mol. The van der Waals surface area contributed by atoms with Crippen LogP contribution in [0.2, 0.25) is 0 Å². The molecule has 0 unspecified atom stereocenters. The average molecular weight is 444 g/mol. The molecule has 0 N–H and O–H groups in total. The second kappa shape index (κ2) is 8.87. The summed E-state index contributed by atoms with van der Waals surface area (Å²) in [6, 6.07) is 15.6. The number of fused-ring (bicyclic) bond motifs is 5. The molecule has 6 rings (SSSR count). The van der Waals surface area contributed by atoms with Gasteiger partial charge in [-0.3, -0.25) is 4.57 Å². The van der Waals surface area contributed by atoms with E-state index >= 15 is 0 Å². The predicted molar refractivity (Wildman–Crippen MR) is 133 cm³/mol. The largest absolute Gasteiger partial charge is 0.372 e. The summed E-state index contributed by atoms with van der Waals surface area (Å²) in [6.45, 7) is 3.06. The minimum Gasteiger partial charge on any atom is -0.372 e. The molecular formula is C27H30FN5. The highest BCUT2D eigenvalue weighted by Gasteiger charge is 2.22. The van der Waals surface area contributed by atoms with Gasteiger partial charge in [0.2, 0.25) is 0 Å². The fraction of sp³-hybridized carbons (Fsp3) is 0.296. The van der Waals surface area contributed by atoms with Crippen LogP contribution in [0.1, 0.15) is 18.4 Å². The second-order valence-corrected chi connectivity index (χ2v) is 9.22. The van der Waals surface area contributed by atoms with Crippen LogP contribution in [-0.2, 0) is 6.54 Å². The third kappa shape index (κ3) is 4.31. The zero-order valence-corrected chi connectivity index (χ0v) is 19.5. The van der Waals surface area contributed by atoms with E-state index < -0.39 is 0 Å². The first-order valence-corrected chi connectivity index (χ1v) is 11.5. The maximum absolute atomic E-state index is 13.3. The van der Waals surface area contributed by atoms with Crippen molar-refractivity contribution in [3.63, 3.8) is 0 Å². The van der Waals surface area contributed by atoms with E-state index in [2.05, 4.69) is 49.5 Å². The Morgan fingerprint density at radius 2 is 1.64 bits per heavy atom. The zero-order valence-electron chi connectivity index (χ0n) is 19.5. The van der Waals surface area contributed by atoms with Crippen LogP contribution in [0.4, 0.5) is 10.1 Å². The molecule has 6 heteroatoms. The maximum atomic E-state index is 13.3. The van der Waals surface area contributed by atoms with Crippen molar-refractivity contribution in [3.05, 3.63) is 78.5 Å². The summed E-state index contributed by atoms with van der Waals surface area (Å²) in [7, 11) is 6.00. The van der Waals surface area contributed by atoms with Crippen molar-refractivity contribution in [1.29, 1.82) is 0 Å². The van der Waals surface area contributed by atoms with Crippen LogP contribution in [0.3, 0.4) is 0 Å². The van der Waals surface area contributed by atoms with E-state index in [0.717, 1.165) is 42.3 Å². The summed E-state index contributed by atoms with van der Waals surface area (Å²) in [5.41, 5.74) is 6.94. The van der Waals surface area contributed by atoms with Gasteiger partial charge < -0.3 is 14.4 Å². The molecule has 0 saturated carbocycles. The molecule has 4 heterocycles. The number of nitrogens with zero attached hydrogens (tertiary/aromatic N) is 5. The smallest absolute Gasteiger partial charge is 0.161 e. The van der Waals surface area contributed by atoms with Crippen molar-refractivity contribution in [2.45, 2.75) is 19.4 Å². The van der Waals surface area contributed by atoms with E-state index in [4.69, 9.17) is 0 Å². The first kappa shape index (κ1) is 21.5. The number of anilines is 1. The van der Waals surface area contributed by atoms with E-state index in [0.29, 0.717) is 0 Å². The number of halogens is 1. The Morgan fingerprint density at radius 3 is 2.36 bits per heavy atom. The maximum Gasteiger partial charge on any atom is 0.161 e. The van der Waals surface area contributed by atoms with Crippen LogP contribution in [0.5, 0.6) is 0 Å². The van der Waals surface area contributed by atoms with Gasteiger partial charge in [0, 0.05) is 49.5 Å². The number of hydrogen-bond acceptors (Lipinski definition) is 3.